The summed E-state index contributed by atoms with van der Waals surface area (Å²) in [6.07, 6.45) is 0. The summed E-state index contributed by atoms with van der Waals surface area (Å²) in [6.45, 7) is 4.06. The van der Waals surface area contributed by atoms with Gasteiger partial charge in [-0.05, 0) is 37.4 Å². The lowest BCUT2D eigenvalue weighted by Gasteiger charge is -2.11. The number of rotatable bonds is 3. The van der Waals surface area contributed by atoms with E-state index in [1.165, 1.54) is 0 Å². The van der Waals surface area contributed by atoms with Crippen LogP contribution in [-0.2, 0) is 0 Å². The predicted molar refractivity (Wildman–Crippen MR) is 71.0 cm³/mol. The summed E-state index contributed by atoms with van der Waals surface area (Å²) >= 11 is 1.64. The molecule has 0 bridgehead atoms. The number of pyridine rings is 1. The number of hydrogen-bond acceptors (Lipinski definition) is 4. The van der Waals surface area contributed by atoms with Crippen LogP contribution >= 0.6 is 11.3 Å². The Labute approximate surface area is 105 Å². The van der Waals surface area contributed by atoms with E-state index in [1.807, 2.05) is 43.5 Å². The van der Waals surface area contributed by atoms with Gasteiger partial charge in [0.1, 0.15) is 11.9 Å². The van der Waals surface area contributed by atoms with Crippen molar-refractivity contribution < 1.29 is 0 Å². The Morgan fingerprint density at radius 1 is 1.35 bits per heavy atom. The smallest absolute Gasteiger partial charge is 0.144 e. The highest BCUT2D eigenvalue weighted by Crippen LogP contribution is 2.25. The molecule has 3 nitrogen and oxygen atoms in total. The molecule has 2 rings (SSSR count). The van der Waals surface area contributed by atoms with Crippen molar-refractivity contribution in [2.24, 2.45) is 0 Å². The molecule has 0 aliphatic carbocycles. The molecule has 0 saturated heterocycles. The van der Waals surface area contributed by atoms with Gasteiger partial charge in [-0.15, -0.1) is 11.3 Å². The SMILES string of the molecule is CC(C)Nc1nc(-c2cccs2)ccc1C#N. The third-order valence-electron chi connectivity index (χ3n) is 2.21. The quantitative estimate of drug-likeness (QED) is 0.897. The van der Waals surface area contributed by atoms with Crippen molar-refractivity contribution in [1.82, 2.24) is 4.98 Å². The highest BCUT2D eigenvalue weighted by molar-refractivity contribution is 7.13. The summed E-state index contributed by atoms with van der Waals surface area (Å²) in [5.74, 6) is 0.661. The summed E-state index contributed by atoms with van der Waals surface area (Å²) in [5.41, 5.74) is 1.49. The van der Waals surface area contributed by atoms with Crippen LogP contribution in [0.1, 0.15) is 19.4 Å². The lowest BCUT2D eigenvalue weighted by atomic mass is 10.2. The van der Waals surface area contributed by atoms with Gasteiger partial charge in [0.25, 0.3) is 0 Å². The summed E-state index contributed by atoms with van der Waals surface area (Å²) in [5, 5.41) is 14.2. The molecular formula is C13H13N3S. The first kappa shape index (κ1) is 11.6. The molecule has 0 amide bonds. The molecule has 0 fully saturated rings. The van der Waals surface area contributed by atoms with Gasteiger partial charge in [-0.25, -0.2) is 4.98 Å². The predicted octanol–water partition coefficient (Wildman–Crippen LogP) is 3.50. The number of aromatic nitrogens is 1. The normalized spacial score (nSPS) is 10.2. The zero-order valence-corrected chi connectivity index (χ0v) is 10.6. The van der Waals surface area contributed by atoms with Crippen molar-refractivity contribution >= 4 is 17.2 Å². The summed E-state index contributed by atoms with van der Waals surface area (Å²) < 4.78 is 0. The molecule has 0 atom stereocenters. The average molecular weight is 243 g/mol. The molecular weight excluding hydrogens is 230 g/mol. The molecule has 0 aliphatic rings. The van der Waals surface area contributed by atoms with E-state index < -0.39 is 0 Å². The van der Waals surface area contributed by atoms with Gasteiger partial charge in [-0.3, -0.25) is 0 Å². The number of anilines is 1. The second-order valence-electron chi connectivity index (χ2n) is 3.98. The van der Waals surface area contributed by atoms with Crippen molar-refractivity contribution in [3.63, 3.8) is 0 Å². The third kappa shape index (κ3) is 2.63. The Bertz CT molecular complexity index is 538. The van der Waals surface area contributed by atoms with Gasteiger partial charge in [0.2, 0.25) is 0 Å². The van der Waals surface area contributed by atoms with E-state index in [0.29, 0.717) is 11.4 Å². The molecule has 17 heavy (non-hydrogen) atoms. The van der Waals surface area contributed by atoms with Crippen LogP contribution in [-0.4, -0.2) is 11.0 Å². The van der Waals surface area contributed by atoms with E-state index in [4.69, 9.17) is 5.26 Å². The fourth-order valence-electron chi connectivity index (χ4n) is 1.49. The molecule has 2 aromatic heterocycles. The minimum absolute atomic E-state index is 0.258. The van der Waals surface area contributed by atoms with Gasteiger partial charge in [0, 0.05) is 6.04 Å². The molecule has 0 saturated carbocycles. The number of hydrogen-bond donors (Lipinski definition) is 1. The van der Waals surface area contributed by atoms with Crippen molar-refractivity contribution in [3.8, 4) is 16.6 Å². The van der Waals surface area contributed by atoms with E-state index in [-0.39, 0.29) is 6.04 Å². The van der Waals surface area contributed by atoms with Crippen LogP contribution in [0.4, 0.5) is 5.82 Å². The molecule has 0 radical (unpaired) electrons. The molecule has 0 spiro atoms. The minimum atomic E-state index is 0.258. The largest absolute Gasteiger partial charge is 0.367 e. The van der Waals surface area contributed by atoms with Gasteiger partial charge >= 0.3 is 0 Å². The van der Waals surface area contributed by atoms with E-state index in [0.717, 1.165) is 10.6 Å². The van der Waals surface area contributed by atoms with Crippen molar-refractivity contribution in [1.29, 1.82) is 5.26 Å². The first-order valence-electron chi connectivity index (χ1n) is 5.42. The van der Waals surface area contributed by atoms with E-state index in [1.54, 1.807) is 11.3 Å². The Morgan fingerprint density at radius 3 is 2.76 bits per heavy atom. The minimum Gasteiger partial charge on any atom is -0.367 e. The lowest BCUT2D eigenvalue weighted by molar-refractivity contribution is 0.888. The Kier molecular flexibility index (Phi) is 3.40. The lowest BCUT2D eigenvalue weighted by Crippen LogP contribution is -2.12. The standard InChI is InChI=1S/C13H13N3S/c1-9(2)15-13-10(8-14)5-6-11(16-13)12-4-3-7-17-12/h3-7,9H,1-2H3,(H,15,16). The fourth-order valence-corrected chi connectivity index (χ4v) is 2.19. The second-order valence-corrected chi connectivity index (χ2v) is 4.93. The van der Waals surface area contributed by atoms with E-state index in [2.05, 4.69) is 16.4 Å². The summed E-state index contributed by atoms with van der Waals surface area (Å²) in [7, 11) is 0. The maximum atomic E-state index is 9.03. The van der Waals surface area contributed by atoms with E-state index in [9.17, 15) is 0 Å². The maximum Gasteiger partial charge on any atom is 0.144 e. The molecule has 1 N–H and O–H groups in total. The third-order valence-corrected chi connectivity index (χ3v) is 3.11. The van der Waals surface area contributed by atoms with Gasteiger partial charge in [0.05, 0.1) is 16.1 Å². The van der Waals surface area contributed by atoms with Crippen LogP contribution < -0.4 is 5.32 Å². The number of nitriles is 1. The number of nitrogens with one attached hydrogen (secondary N) is 1. The van der Waals surface area contributed by atoms with Gasteiger partial charge < -0.3 is 5.32 Å². The second kappa shape index (κ2) is 4.98. The highest BCUT2D eigenvalue weighted by atomic mass is 32.1. The van der Waals surface area contributed by atoms with Crippen molar-refractivity contribution in [2.75, 3.05) is 5.32 Å². The van der Waals surface area contributed by atoms with Crippen LogP contribution in [0.15, 0.2) is 29.6 Å². The molecule has 86 valence electrons. The van der Waals surface area contributed by atoms with Gasteiger partial charge in [-0.1, -0.05) is 6.07 Å². The van der Waals surface area contributed by atoms with Gasteiger partial charge in [0.15, 0.2) is 0 Å². The zero-order valence-electron chi connectivity index (χ0n) is 9.77. The van der Waals surface area contributed by atoms with Crippen LogP contribution in [0.5, 0.6) is 0 Å². The maximum absolute atomic E-state index is 9.03. The van der Waals surface area contributed by atoms with E-state index >= 15 is 0 Å². The number of thiophene rings is 1. The molecule has 2 aromatic rings. The average Bonchev–Trinajstić information content (AvgIpc) is 2.81. The molecule has 0 unspecified atom stereocenters. The van der Waals surface area contributed by atoms with Crippen molar-refractivity contribution in [2.45, 2.75) is 19.9 Å². The molecule has 2 heterocycles. The Balaban J connectivity index is 2.42. The van der Waals surface area contributed by atoms with Crippen LogP contribution in [0.3, 0.4) is 0 Å². The molecule has 0 aliphatic heterocycles. The fraction of sp³-hybridized carbons (Fsp3) is 0.231. The molecule has 0 aromatic carbocycles. The zero-order chi connectivity index (χ0) is 12.3. The van der Waals surface area contributed by atoms with Crippen molar-refractivity contribution in [3.05, 3.63) is 35.2 Å². The molecule has 4 heteroatoms. The summed E-state index contributed by atoms with van der Waals surface area (Å²) in [6, 6.07) is 10.1. The van der Waals surface area contributed by atoms with Crippen LogP contribution in [0.2, 0.25) is 0 Å². The van der Waals surface area contributed by atoms with Crippen LogP contribution in [0, 0.1) is 11.3 Å². The monoisotopic (exact) mass is 243 g/mol. The van der Waals surface area contributed by atoms with Gasteiger partial charge in [-0.2, -0.15) is 5.26 Å². The first-order valence-corrected chi connectivity index (χ1v) is 6.30. The topological polar surface area (TPSA) is 48.7 Å². The number of nitrogens with zero attached hydrogens (tertiary/aromatic N) is 2. The highest BCUT2D eigenvalue weighted by Gasteiger charge is 2.08. The first-order chi connectivity index (χ1) is 8.20. The Morgan fingerprint density at radius 2 is 2.18 bits per heavy atom. The van der Waals surface area contributed by atoms with Crippen LogP contribution in [0.25, 0.3) is 10.6 Å². The summed E-state index contributed by atoms with van der Waals surface area (Å²) in [4.78, 5) is 5.62. The Hall–Kier alpha value is -1.86.